The van der Waals surface area contributed by atoms with E-state index in [0.29, 0.717) is 0 Å². The maximum absolute atomic E-state index is 10.2. The first kappa shape index (κ1) is 4.59. The molecule has 0 rings (SSSR count). The minimum atomic E-state index is -1.14. The third-order valence-electron chi connectivity index (χ3n) is 0.459. The van der Waals surface area contributed by atoms with E-state index in [4.69, 9.17) is 6.48 Å². The minimum Gasteiger partial charge on any atom is -0.469 e. The molecule has 0 fully saturated rings. The Morgan fingerprint density at radius 1 is 2.14 bits per heavy atom. The molecule has 0 aromatic heterocycles. The summed E-state index contributed by atoms with van der Waals surface area (Å²) in [6.07, 6.45) is -1.14. The number of esters is 1. The first-order valence-electron chi connectivity index (χ1n) is 2.41. The van der Waals surface area contributed by atoms with Crippen molar-refractivity contribution in [3.05, 3.63) is 0 Å². The Hall–Kier alpha value is -0.570. The SMILES string of the molecule is [2H][C@H](CO)C(=O)OC. The van der Waals surface area contributed by atoms with Crippen LogP contribution in [0.4, 0.5) is 0 Å². The maximum atomic E-state index is 10.2. The van der Waals surface area contributed by atoms with Gasteiger partial charge in [0, 0.05) is 1.37 Å². The highest BCUT2D eigenvalue weighted by Crippen LogP contribution is 1.78. The monoisotopic (exact) mass is 105 g/mol. The predicted molar refractivity (Wildman–Crippen MR) is 23.7 cm³/mol. The zero-order valence-corrected chi connectivity index (χ0v) is 4.05. The molecule has 0 aromatic carbocycles. The average molecular weight is 105 g/mol. The second-order valence-corrected chi connectivity index (χ2v) is 0.910. The molecular formula is C4H8O3. The van der Waals surface area contributed by atoms with Gasteiger partial charge in [0.25, 0.3) is 0 Å². The average Bonchev–Trinajstić information content (AvgIpc) is 1.84. The van der Waals surface area contributed by atoms with E-state index in [-0.39, 0.29) is 0 Å². The molecule has 42 valence electrons. The predicted octanol–water partition coefficient (Wildman–Crippen LogP) is -0.458. The summed E-state index contributed by atoms with van der Waals surface area (Å²) < 4.78 is 10.8. The summed E-state index contributed by atoms with van der Waals surface area (Å²) in [5.41, 5.74) is 0. The zero-order chi connectivity index (χ0) is 6.57. The van der Waals surface area contributed by atoms with Gasteiger partial charge in [0.2, 0.25) is 0 Å². The van der Waals surface area contributed by atoms with Gasteiger partial charge in [0.15, 0.2) is 0 Å². The third-order valence-corrected chi connectivity index (χ3v) is 0.459. The van der Waals surface area contributed by atoms with E-state index in [1.54, 1.807) is 0 Å². The van der Waals surface area contributed by atoms with Crippen molar-refractivity contribution in [3.63, 3.8) is 0 Å². The largest absolute Gasteiger partial charge is 0.469 e. The van der Waals surface area contributed by atoms with Crippen LogP contribution in [-0.2, 0) is 9.53 Å². The first-order chi connectivity index (χ1) is 3.72. The fourth-order valence-corrected chi connectivity index (χ4v) is 0.158. The molecule has 7 heavy (non-hydrogen) atoms. The van der Waals surface area contributed by atoms with Crippen molar-refractivity contribution in [2.75, 3.05) is 13.7 Å². The Morgan fingerprint density at radius 3 is 2.86 bits per heavy atom. The summed E-state index contributed by atoms with van der Waals surface area (Å²) in [4.78, 5) is 10.2. The van der Waals surface area contributed by atoms with Gasteiger partial charge >= 0.3 is 5.97 Å². The Morgan fingerprint density at radius 2 is 2.71 bits per heavy atom. The van der Waals surface area contributed by atoms with Crippen LogP contribution in [0.2, 0.25) is 0 Å². The summed E-state index contributed by atoms with van der Waals surface area (Å²) in [6, 6.07) is 0. The van der Waals surface area contributed by atoms with Gasteiger partial charge in [-0.1, -0.05) is 0 Å². The van der Waals surface area contributed by atoms with Crippen molar-refractivity contribution in [1.82, 2.24) is 0 Å². The number of rotatable bonds is 2. The van der Waals surface area contributed by atoms with Crippen LogP contribution < -0.4 is 0 Å². The molecule has 0 bridgehead atoms. The van der Waals surface area contributed by atoms with Crippen LogP contribution in [0.25, 0.3) is 0 Å². The summed E-state index contributed by atoms with van der Waals surface area (Å²) in [5, 5.41) is 8.15. The van der Waals surface area contributed by atoms with Gasteiger partial charge in [-0.25, -0.2) is 0 Å². The fourth-order valence-electron chi connectivity index (χ4n) is 0.158. The quantitative estimate of drug-likeness (QED) is 0.483. The molecule has 0 aliphatic heterocycles. The maximum Gasteiger partial charge on any atom is 0.307 e. The number of hydrogen-bond acceptors (Lipinski definition) is 3. The number of ether oxygens (including phenoxy) is 1. The van der Waals surface area contributed by atoms with Crippen LogP contribution in [0.5, 0.6) is 0 Å². The number of carbonyl (C=O) groups is 1. The van der Waals surface area contributed by atoms with Gasteiger partial charge in [0.05, 0.1) is 20.1 Å². The molecule has 0 unspecified atom stereocenters. The lowest BCUT2D eigenvalue weighted by atomic mass is 10.5. The Balaban J connectivity index is 3.46. The molecule has 1 atom stereocenters. The Bertz CT molecular complexity index is 83.4. The number of methoxy groups -OCH3 is 1. The number of hydrogen-bond donors (Lipinski definition) is 1. The smallest absolute Gasteiger partial charge is 0.307 e. The number of aliphatic hydroxyl groups is 1. The van der Waals surface area contributed by atoms with Crippen molar-refractivity contribution in [2.24, 2.45) is 0 Å². The zero-order valence-electron chi connectivity index (χ0n) is 5.05. The third kappa shape index (κ3) is 3.26. The van der Waals surface area contributed by atoms with E-state index < -0.39 is 19.0 Å². The van der Waals surface area contributed by atoms with E-state index in [1.165, 1.54) is 7.11 Å². The topological polar surface area (TPSA) is 46.5 Å². The molecule has 0 saturated carbocycles. The molecule has 1 N–H and O–H groups in total. The lowest BCUT2D eigenvalue weighted by molar-refractivity contribution is -0.141. The fraction of sp³-hybridized carbons (Fsp3) is 0.750. The molecular weight excluding hydrogens is 96.0 g/mol. The second kappa shape index (κ2) is 3.61. The van der Waals surface area contributed by atoms with Crippen molar-refractivity contribution in [2.45, 2.75) is 6.40 Å². The molecule has 0 aromatic rings. The highest BCUT2D eigenvalue weighted by molar-refractivity contribution is 5.69. The van der Waals surface area contributed by atoms with Crippen LogP contribution >= 0.6 is 0 Å². The number of aliphatic hydroxyl groups excluding tert-OH is 1. The highest BCUT2D eigenvalue weighted by atomic mass is 16.5. The van der Waals surface area contributed by atoms with E-state index >= 15 is 0 Å². The van der Waals surface area contributed by atoms with Gasteiger partial charge in [-0.3, -0.25) is 4.79 Å². The normalized spacial score (nSPS) is 14.9. The van der Waals surface area contributed by atoms with Crippen molar-refractivity contribution in [3.8, 4) is 0 Å². The summed E-state index contributed by atoms with van der Waals surface area (Å²) in [7, 11) is 1.18. The van der Waals surface area contributed by atoms with Crippen molar-refractivity contribution in [1.29, 1.82) is 0 Å². The van der Waals surface area contributed by atoms with Crippen molar-refractivity contribution >= 4 is 5.97 Å². The molecule has 0 heterocycles. The van der Waals surface area contributed by atoms with Gasteiger partial charge in [0.1, 0.15) is 0 Å². The molecule has 0 spiro atoms. The summed E-state index contributed by atoms with van der Waals surface area (Å²) in [6.45, 7) is -0.479. The van der Waals surface area contributed by atoms with Gasteiger partial charge in [-0.2, -0.15) is 0 Å². The lowest BCUT2D eigenvalue weighted by Gasteiger charge is -1.90. The second-order valence-electron chi connectivity index (χ2n) is 0.910. The van der Waals surface area contributed by atoms with E-state index in [2.05, 4.69) is 4.74 Å². The van der Waals surface area contributed by atoms with Crippen LogP contribution in [0, 0.1) is 0 Å². The van der Waals surface area contributed by atoms with E-state index in [0.717, 1.165) is 0 Å². The molecule has 0 amide bonds. The summed E-state index contributed by atoms with van der Waals surface area (Å²) in [5.74, 6) is -0.701. The van der Waals surface area contributed by atoms with Crippen LogP contribution in [-0.4, -0.2) is 24.8 Å². The van der Waals surface area contributed by atoms with E-state index in [9.17, 15) is 4.79 Å². The number of carbonyl (C=O) groups excluding carboxylic acids is 1. The van der Waals surface area contributed by atoms with Gasteiger partial charge < -0.3 is 9.84 Å². The Labute approximate surface area is 43.3 Å². The van der Waals surface area contributed by atoms with Crippen LogP contribution in [0.15, 0.2) is 0 Å². The highest BCUT2D eigenvalue weighted by Gasteiger charge is 1.93. The molecule has 0 aliphatic carbocycles. The Kier molecular flexibility index (Phi) is 2.37. The molecule has 3 nitrogen and oxygen atoms in total. The molecule has 3 heteroatoms. The minimum absolute atomic E-state index is 0.479. The first-order valence-corrected chi connectivity index (χ1v) is 1.83. The molecule has 0 aliphatic rings. The van der Waals surface area contributed by atoms with Crippen molar-refractivity contribution < 1.29 is 16.0 Å². The lowest BCUT2D eigenvalue weighted by Crippen LogP contribution is -2.01. The standard InChI is InChI=1S/C4H8O3/c1-7-4(6)2-3-5/h5H,2-3H2,1H3/i2D/t2-/m1/s1. The van der Waals surface area contributed by atoms with Crippen LogP contribution in [0.3, 0.4) is 0 Å². The van der Waals surface area contributed by atoms with Gasteiger partial charge in [-0.15, -0.1) is 0 Å². The van der Waals surface area contributed by atoms with Crippen LogP contribution in [0.1, 0.15) is 7.77 Å². The molecule has 0 saturated heterocycles. The summed E-state index contributed by atoms with van der Waals surface area (Å²) >= 11 is 0. The van der Waals surface area contributed by atoms with E-state index in [1.807, 2.05) is 0 Å². The molecule has 0 radical (unpaired) electrons. The van der Waals surface area contributed by atoms with Gasteiger partial charge in [-0.05, 0) is 0 Å².